The molecule has 1 amide bonds. The van der Waals surface area contributed by atoms with Gasteiger partial charge in [0.15, 0.2) is 0 Å². The standard InChI is InChI=1S/C16H16N4O2/c1-12(15-7-10-22-18-15)19(2)16(21)13-5-3-6-14(11-13)20-9-4-8-17-20/h3-12H,1-2H3/t12-/m0/s1. The van der Waals surface area contributed by atoms with E-state index in [4.69, 9.17) is 4.52 Å². The molecule has 0 aliphatic rings. The molecule has 0 radical (unpaired) electrons. The fourth-order valence-corrected chi connectivity index (χ4v) is 2.22. The normalized spacial score (nSPS) is 12.1. The number of hydrogen-bond donors (Lipinski definition) is 0. The quantitative estimate of drug-likeness (QED) is 0.742. The zero-order valence-corrected chi connectivity index (χ0v) is 12.4. The number of carbonyl (C=O) groups is 1. The second kappa shape index (κ2) is 5.85. The van der Waals surface area contributed by atoms with E-state index in [1.165, 1.54) is 6.26 Å². The molecule has 1 aromatic carbocycles. The van der Waals surface area contributed by atoms with E-state index in [0.717, 1.165) is 11.4 Å². The highest BCUT2D eigenvalue weighted by atomic mass is 16.5. The zero-order chi connectivity index (χ0) is 15.5. The van der Waals surface area contributed by atoms with Crippen LogP contribution in [0.3, 0.4) is 0 Å². The number of nitrogens with zero attached hydrogens (tertiary/aromatic N) is 4. The molecular weight excluding hydrogens is 280 g/mol. The minimum Gasteiger partial charge on any atom is -0.364 e. The molecule has 0 N–H and O–H groups in total. The van der Waals surface area contributed by atoms with Gasteiger partial charge in [-0.2, -0.15) is 5.10 Å². The molecule has 0 unspecified atom stereocenters. The number of aromatic nitrogens is 3. The highest BCUT2D eigenvalue weighted by Crippen LogP contribution is 2.20. The van der Waals surface area contributed by atoms with Crippen LogP contribution in [0.15, 0.2) is 59.6 Å². The molecule has 6 nitrogen and oxygen atoms in total. The molecule has 112 valence electrons. The van der Waals surface area contributed by atoms with Crippen molar-refractivity contribution in [3.63, 3.8) is 0 Å². The van der Waals surface area contributed by atoms with E-state index in [1.807, 2.05) is 37.4 Å². The first-order valence-electron chi connectivity index (χ1n) is 6.94. The monoisotopic (exact) mass is 296 g/mol. The Labute approximate surface area is 127 Å². The molecular formula is C16H16N4O2. The summed E-state index contributed by atoms with van der Waals surface area (Å²) in [4.78, 5) is 14.3. The average molecular weight is 296 g/mol. The number of rotatable bonds is 4. The van der Waals surface area contributed by atoms with Crippen LogP contribution in [0.1, 0.15) is 29.0 Å². The Morgan fingerprint density at radius 1 is 1.32 bits per heavy atom. The van der Waals surface area contributed by atoms with Crippen LogP contribution in [0.2, 0.25) is 0 Å². The van der Waals surface area contributed by atoms with Gasteiger partial charge in [-0.15, -0.1) is 0 Å². The SMILES string of the molecule is C[C@@H](c1ccon1)N(C)C(=O)c1cccc(-n2cccn2)c1. The van der Waals surface area contributed by atoms with Gasteiger partial charge in [0.1, 0.15) is 12.0 Å². The van der Waals surface area contributed by atoms with Crippen LogP contribution in [0, 0.1) is 0 Å². The van der Waals surface area contributed by atoms with Crippen molar-refractivity contribution in [1.29, 1.82) is 0 Å². The zero-order valence-electron chi connectivity index (χ0n) is 12.4. The van der Waals surface area contributed by atoms with Crippen molar-refractivity contribution < 1.29 is 9.32 Å². The van der Waals surface area contributed by atoms with Crippen LogP contribution in [0.4, 0.5) is 0 Å². The molecule has 0 spiro atoms. The number of carbonyl (C=O) groups excluding carboxylic acids is 1. The molecule has 0 saturated heterocycles. The molecule has 0 aliphatic carbocycles. The molecule has 0 saturated carbocycles. The first-order chi connectivity index (χ1) is 10.7. The van der Waals surface area contributed by atoms with Gasteiger partial charge in [0.05, 0.1) is 11.7 Å². The van der Waals surface area contributed by atoms with Gasteiger partial charge in [0.2, 0.25) is 0 Å². The summed E-state index contributed by atoms with van der Waals surface area (Å²) in [6.07, 6.45) is 5.04. The molecule has 2 heterocycles. The van der Waals surface area contributed by atoms with E-state index < -0.39 is 0 Å². The third kappa shape index (κ3) is 2.63. The maximum Gasteiger partial charge on any atom is 0.254 e. The fourth-order valence-electron chi connectivity index (χ4n) is 2.22. The molecule has 6 heteroatoms. The van der Waals surface area contributed by atoms with Crippen LogP contribution < -0.4 is 0 Å². The summed E-state index contributed by atoms with van der Waals surface area (Å²) in [5.74, 6) is -0.0792. The van der Waals surface area contributed by atoms with Gasteiger partial charge < -0.3 is 9.42 Å². The topological polar surface area (TPSA) is 64.2 Å². The summed E-state index contributed by atoms with van der Waals surface area (Å²) in [5, 5.41) is 8.07. The molecule has 1 atom stereocenters. The van der Waals surface area contributed by atoms with Crippen molar-refractivity contribution in [1.82, 2.24) is 19.8 Å². The maximum absolute atomic E-state index is 12.6. The predicted molar refractivity (Wildman–Crippen MR) is 80.6 cm³/mol. The van der Waals surface area contributed by atoms with Crippen molar-refractivity contribution >= 4 is 5.91 Å². The lowest BCUT2D eigenvalue weighted by Crippen LogP contribution is -2.29. The minimum absolute atomic E-state index is 0.0792. The van der Waals surface area contributed by atoms with Gasteiger partial charge in [0, 0.05) is 31.1 Å². The van der Waals surface area contributed by atoms with Gasteiger partial charge >= 0.3 is 0 Å². The van der Waals surface area contributed by atoms with Crippen molar-refractivity contribution in [2.24, 2.45) is 0 Å². The Morgan fingerprint density at radius 2 is 2.18 bits per heavy atom. The lowest BCUT2D eigenvalue weighted by molar-refractivity contribution is 0.0737. The highest BCUT2D eigenvalue weighted by Gasteiger charge is 2.21. The second-order valence-electron chi connectivity index (χ2n) is 5.02. The Balaban J connectivity index is 1.84. The van der Waals surface area contributed by atoms with Crippen molar-refractivity contribution in [3.05, 3.63) is 66.3 Å². The van der Waals surface area contributed by atoms with Crippen LogP contribution in [0.25, 0.3) is 5.69 Å². The van der Waals surface area contributed by atoms with E-state index in [2.05, 4.69) is 10.3 Å². The molecule has 0 fully saturated rings. The van der Waals surface area contributed by atoms with Crippen LogP contribution in [-0.4, -0.2) is 32.8 Å². The molecule has 3 aromatic rings. The van der Waals surface area contributed by atoms with Crippen LogP contribution in [-0.2, 0) is 0 Å². The summed E-state index contributed by atoms with van der Waals surface area (Å²) in [5.41, 5.74) is 2.17. The van der Waals surface area contributed by atoms with Gasteiger partial charge in [-0.05, 0) is 31.2 Å². The Bertz CT molecular complexity index is 750. The first kappa shape index (κ1) is 14.1. The summed E-state index contributed by atoms with van der Waals surface area (Å²) in [6, 6.07) is 10.8. The summed E-state index contributed by atoms with van der Waals surface area (Å²) in [6.45, 7) is 1.91. The van der Waals surface area contributed by atoms with Gasteiger partial charge in [-0.25, -0.2) is 4.68 Å². The summed E-state index contributed by atoms with van der Waals surface area (Å²) in [7, 11) is 1.75. The molecule has 22 heavy (non-hydrogen) atoms. The maximum atomic E-state index is 12.6. The predicted octanol–water partition coefficient (Wildman–Crippen LogP) is 2.69. The van der Waals surface area contributed by atoms with E-state index in [0.29, 0.717) is 5.56 Å². The highest BCUT2D eigenvalue weighted by molar-refractivity contribution is 5.94. The smallest absolute Gasteiger partial charge is 0.254 e. The number of amides is 1. The van der Waals surface area contributed by atoms with Gasteiger partial charge in [-0.3, -0.25) is 4.79 Å². The van der Waals surface area contributed by atoms with E-state index in [9.17, 15) is 4.79 Å². The molecule has 0 bridgehead atoms. The van der Waals surface area contributed by atoms with Crippen LogP contribution >= 0.6 is 0 Å². The van der Waals surface area contributed by atoms with Gasteiger partial charge in [-0.1, -0.05) is 11.2 Å². The van der Waals surface area contributed by atoms with E-state index >= 15 is 0 Å². The summed E-state index contributed by atoms with van der Waals surface area (Å²) >= 11 is 0. The second-order valence-corrected chi connectivity index (χ2v) is 5.02. The Hall–Kier alpha value is -2.89. The third-order valence-electron chi connectivity index (χ3n) is 3.65. The Morgan fingerprint density at radius 3 is 2.86 bits per heavy atom. The summed E-state index contributed by atoms with van der Waals surface area (Å²) < 4.78 is 6.56. The number of benzene rings is 1. The molecule has 3 rings (SSSR count). The van der Waals surface area contributed by atoms with Crippen molar-refractivity contribution in [3.8, 4) is 5.69 Å². The van der Waals surface area contributed by atoms with Gasteiger partial charge in [0.25, 0.3) is 5.91 Å². The van der Waals surface area contributed by atoms with Crippen molar-refractivity contribution in [2.45, 2.75) is 13.0 Å². The lowest BCUT2D eigenvalue weighted by atomic mass is 10.1. The first-order valence-corrected chi connectivity index (χ1v) is 6.94. The third-order valence-corrected chi connectivity index (χ3v) is 3.65. The molecule has 2 aromatic heterocycles. The fraction of sp³-hybridized carbons (Fsp3) is 0.188. The average Bonchev–Trinajstić information content (AvgIpc) is 3.25. The van der Waals surface area contributed by atoms with E-state index in [-0.39, 0.29) is 11.9 Å². The largest absolute Gasteiger partial charge is 0.364 e. The van der Waals surface area contributed by atoms with Crippen molar-refractivity contribution in [2.75, 3.05) is 7.05 Å². The lowest BCUT2D eigenvalue weighted by Gasteiger charge is -2.23. The number of hydrogen-bond acceptors (Lipinski definition) is 4. The van der Waals surface area contributed by atoms with Crippen LogP contribution in [0.5, 0.6) is 0 Å². The molecule has 0 aliphatic heterocycles. The Kier molecular flexibility index (Phi) is 3.74. The van der Waals surface area contributed by atoms with E-state index in [1.54, 1.807) is 35.0 Å². The minimum atomic E-state index is -0.167.